The Balaban J connectivity index is 2.27. The van der Waals surface area contributed by atoms with Crippen LogP contribution in [0.3, 0.4) is 0 Å². The topological polar surface area (TPSA) is 16.1 Å². The monoisotopic (exact) mass is 182 g/mol. The van der Waals surface area contributed by atoms with Crippen LogP contribution in [0.2, 0.25) is 0 Å². The van der Waals surface area contributed by atoms with E-state index in [-0.39, 0.29) is 0 Å². The van der Waals surface area contributed by atoms with Crippen molar-refractivity contribution in [1.29, 1.82) is 0 Å². The second-order valence-electron chi connectivity index (χ2n) is 2.98. The largest absolute Gasteiger partial charge is 0.371 e. The van der Waals surface area contributed by atoms with Gasteiger partial charge in [0.05, 0.1) is 5.88 Å². The van der Waals surface area contributed by atoms with Crippen molar-refractivity contribution >= 4 is 17.3 Å². The highest BCUT2D eigenvalue weighted by Crippen LogP contribution is 2.24. The Morgan fingerprint density at radius 3 is 2.92 bits per heavy atom. The van der Waals surface area contributed by atoms with E-state index in [0.717, 1.165) is 18.7 Å². The maximum Gasteiger partial charge on any atom is 0.0509 e. The number of nitrogens with zero attached hydrogens (tertiary/aromatic N) is 2. The lowest BCUT2D eigenvalue weighted by molar-refractivity contribution is 0.615. The number of aromatic nitrogens is 1. The Morgan fingerprint density at radius 2 is 2.33 bits per heavy atom. The number of rotatable bonds is 2. The zero-order chi connectivity index (χ0) is 8.39. The molecule has 0 saturated carbocycles. The molecule has 1 fully saturated rings. The van der Waals surface area contributed by atoms with E-state index in [2.05, 4.69) is 9.88 Å². The van der Waals surface area contributed by atoms with Crippen molar-refractivity contribution in [2.75, 3.05) is 18.0 Å². The van der Waals surface area contributed by atoms with Crippen LogP contribution < -0.4 is 4.90 Å². The average molecular weight is 183 g/mol. The fourth-order valence-corrected chi connectivity index (χ4v) is 1.59. The predicted molar refractivity (Wildman–Crippen MR) is 50.6 cm³/mol. The van der Waals surface area contributed by atoms with Gasteiger partial charge in [-0.25, -0.2) is 0 Å². The Kier molecular flexibility index (Phi) is 2.17. The van der Waals surface area contributed by atoms with E-state index in [4.69, 9.17) is 11.6 Å². The summed E-state index contributed by atoms with van der Waals surface area (Å²) in [6.07, 6.45) is 4.97. The molecule has 1 aromatic rings. The highest BCUT2D eigenvalue weighted by Gasteiger charge is 2.16. The summed E-state index contributed by atoms with van der Waals surface area (Å²) in [4.78, 5) is 6.38. The normalized spacial score (nSPS) is 15.9. The molecule has 12 heavy (non-hydrogen) atoms. The molecule has 0 aliphatic carbocycles. The third-order valence-electron chi connectivity index (χ3n) is 2.22. The van der Waals surface area contributed by atoms with Crippen LogP contribution in [0, 0.1) is 0 Å². The van der Waals surface area contributed by atoms with E-state index in [0.29, 0.717) is 5.88 Å². The minimum Gasteiger partial charge on any atom is -0.371 e. The number of hydrogen-bond donors (Lipinski definition) is 0. The van der Waals surface area contributed by atoms with Gasteiger partial charge in [-0.3, -0.25) is 4.98 Å². The van der Waals surface area contributed by atoms with E-state index in [9.17, 15) is 0 Å². The third-order valence-corrected chi connectivity index (χ3v) is 2.51. The fraction of sp³-hybridized carbons (Fsp3) is 0.444. The lowest BCUT2D eigenvalue weighted by atomic mass is 10.1. The van der Waals surface area contributed by atoms with E-state index in [1.54, 1.807) is 0 Å². The van der Waals surface area contributed by atoms with Crippen LogP contribution in [0.4, 0.5) is 5.69 Å². The molecule has 1 aromatic heterocycles. The summed E-state index contributed by atoms with van der Waals surface area (Å²) in [5, 5.41) is 0. The molecule has 1 saturated heterocycles. The first-order chi connectivity index (χ1) is 5.92. The smallest absolute Gasteiger partial charge is 0.0509 e. The number of pyridine rings is 1. The summed E-state index contributed by atoms with van der Waals surface area (Å²) >= 11 is 5.79. The highest BCUT2D eigenvalue weighted by molar-refractivity contribution is 6.17. The van der Waals surface area contributed by atoms with Crippen LogP contribution in [-0.2, 0) is 5.88 Å². The summed E-state index contributed by atoms with van der Waals surface area (Å²) in [5.74, 6) is 0.555. The standard InChI is InChI=1S/C9H11ClN2/c10-6-8-7-11-3-2-9(8)12-4-1-5-12/h2-3,7H,1,4-6H2. The van der Waals surface area contributed by atoms with Crippen molar-refractivity contribution in [2.24, 2.45) is 0 Å². The van der Waals surface area contributed by atoms with Gasteiger partial charge in [-0.2, -0.15) is 0 Å². The molecule has 2 rings (SSSR count). The molecule has 0 bridgehead atoms. The Morgan fingerprint density at radius 1 is 1.50 bits per heavy atom. The summed E-state index contributed by atoms with van der Waals surface area (Å²) in [6.45, 7) is 2.32. The second-order valence-corrected chi connectivity index (χ2v) is 3.25. The molecular formula is C9H11ClN2. The Bertz CT molecular complexity index is 271. The van der Waals surface area contributed by atoms with E-state index < -0.39 is 0 Å². The molecule has 0 N–H and O–H groups in total. The zero-order valence-corrected chi connectivity index (χ0v) is 7.59. The molecule has 3 heteroatoms. The third kappa shape index (κ3) is 1.27. The van der Waals surface area contributed by atoms with Crippen molar-refractivity contribution < 1.29 is 0 Å². The Labute approximate surface area is 77.2 Å². The molecule has 64 valence electrons. The molecule has 0 aromatic carbocycles. The van der Waals surface area contributed by atoms with Crippen LogP contribution in [0.5, 0.6) is 0 Å². The molecular weight excluding hydrogens is 172 g/mol. The molecule has 0 amide bonds. The van der Waals surface area contributed by atoms with Gasteiger partial charge >= 0.3 is 0 Å². The Hall–Kier alpha value is -0.760. The van der Waals surface area contributed by atoms with Crippen molar-refractivity contribution in [1.82, 2.24) is 4.98 Å². The second kappa shape index (κ2) is 3.31. The molecule has 0 radical (unpaired) electrons. The van der Waals surface area contributed by atoms with E-state index in [1.807, 2.05) is 18.5 Å². The zero-order valence-electron chi connectivity index (χ0n) is 6.83. The molecule has 0 unspecified atom stereocenters. The van der Waals surface area contributed by atoms with Crippen LogP contribution in [-0.4, -0.2) is 18.1 Å². The minimum atomic E-state index is 0.555. The number of halogens is 1. The fourth-order valence-electron chi connectivity index (χ4n) is 1.39. The lowest BCUT2D eigenvalue weighted by Gasteiger charge is -2.34. The number of alkyl halides is 1. The van der Waals surface area contributed by atoms with Gasteiger partial charge in [0.15, 0.2) is 0 Å². The van der Waals surface area contributed by atoms with E-state index in [1.165, 1.54) is 12.1 Å². The maximum atomic E-state index is 5.79. The van der Waals surface area contributed by atoms with Crippen LogP contribution >= 0.6 is 11.6 Å². The summed E-state index contributed by atoms with van der Waals surface area (Å²) in [7, 11) is 0. The summed E-state index contributed by atoms with van der Waals surface area (Å²) < 4.78 is 0. The highest BCUT2D eigenvalue weighted by atomic mass is 35.5. The van der Waals surface area contributed by atoms with Gasteiger partial charge in [0.2, 0.25) is 0 Å². The summed E-state index contributed by atoms with van der Waals surface area (Å²) in [6, 6.07) is 2.04. The van der Waals surface area contributed by atoms with Gasteiger partial charge in [0.1, 0.15) is 0 Å². The molecule has 0 spiro atoms. The van der Waals surface area contributed by atoms with Gasteiger partial charge in [-0.1, -0.05) is 0 Å². The van der Waals surface area contributed by atoms with Gasteiger partial charge in [-0.15, -0.1) is 11.6 Å². The SMILES string of the molecule is ClCc1cnccc1N1CCC1. The molecule has 1 aliphatic rings. The minimum absolute atomic E-state index is 0.555. The first-order valence-corrected chi connectivity index (χ1v) is 4.69. The van der Waals surface area contributed by atoms with Crippen LogP contribution in [0.15, 0.2) is 18.5 Å². The van der Waals surface area contributed by atoms with E-state index >= 15 is 0 Å². The molecule has 2 heterocycles. The van der Waals surface area contributed by atoms with Crippen LogP contribution in [0.1, 0.15) is 12.0 Å². The van der Waals surface area contributed by atoms with Crippen molar-refractivity contribution in [3.8, 4) is 0 Å². The molecule has 2 nitrogen and oxygen atoms in total. The van der Waals surface area contributed by atoms with Crippen LogP contribution in [0.25, 0.3) is 0 Å². The van der Waals surface area contributed by atoms with Crippen molar-refractivity contribution in [3.63, 3.8) is 0 Å². The number of hydrogen-bond acceptors (Lipinski definition) is 2. The first-order valence-electron chi connectivity index (χ1n) is 4.15. The summed E-state index contributed by atoms with van der Waals surface area (Å²) in [5.41, 5.74) is 2.39. The number of anilines is 1. The van der Waals surface area contributed by atoms with Gasteiger partial charge in [0, 0.05) is 36.7 Å². The van der Waals surface area contributed by atoms with Gasteiger partial charge in [0.25, 0.3) is 0 Å². The van der Waals surface area contributed by atoms with Crippen molar-refractivity contribution in [3.05, 3.63) is 24.0 Å². The molecule has 0 atom stereocenters. The quantitative estimate of drug-likeness (QED) is 0.651. The van der Waals surface area contributed by atoms with Gasteiger partial charge in [-0.05, 0) is 12.5 Å². The lowest BCUT2D eigenvalue weighted by Crippen LogP contribution is -2.37. The maximum absolute atomic E-state index is 5.79. The van der Waals surface area contributed by atoms with Crippen molar-refractivity contribution in [2.45, 2.75) is 12.3 Å². The first kappa shape index (κ1) is 7.87. The average Bonchev–Trinajstić information content (AvgIpc) is 2.02. The molecule has 1 aliphatic heterocycles. The predicted octanol–water partition coefficient (Wildman–Crippen LogP) is 2.03. The van der Waals surface area contributed by atoms with Gasteiger partial charge < -0.3 is 4.90 Å².